The smallest absolute Gasteiger partial charge is 0.368 e. The number of carbonyl (C=O) groups is 1. The van der Waals surface area contributed by atoms with Crippen LogP contribution in [-0.2, 0) is 24.1 Å². The number of amides is 1. The molecular formula is C19H26F3N7O. The third-order valence-electron chi connectivity index (χ3n) is 5.33. The van der Waals surface area contributed by atoms with Crippen molar-refractivity contribution in [3.8, 4) is 0 Å². The molecule has 2 aromatic rings. The molecule has 164 valence electrons. The number of hydrogen-bond acceptors (Lipinski definition) is 6. The molecule has 2 heterocycles. The molecule has 1 aromatic carbocycles. The number of piperazine rings is 1. The Labute approximate surface area is 173 Å². The van der Waals surface area contributed by atoms with Crippen molar-refractivity contribution in [2.45, 2.75) is 39.2 Å². The molecule has 0 aliphatic carbocycles. The zero-order chi connectivity index (χ0) is 21.9. The molecule has 0 N–H and O–H groups in total. The van der Waals surface area contributed by atoms with Crippen molar-refractivity contribution in [1.82, 2.24) is 30.0 Å². The van der Waals surface area contributed by atoms with Crippen molar-refractivity contribution >= 4 is 11.6 Å². The lowest BCUT2D eigenvalue weighted by atomic mass is 10.1. The number of anilines is 1. The molecule has 1 aromatic heterocycles. The SMILES string of the molecule is CC(C)N(C)Cc1nnnn1CC(=O)N1CCN(c2cccc(C(F)(F)F)c2)CC1. The Bertz CT molecular complexity index is 860. The second-order valence-electron chi connectivity index (χ2n) is 7.68. The van der Waals surface area contributed by atoms with E-state index in [2.05, 4.69) is 34.3 Å². The van der Waals surface area contributed by atoms with Crippen LogP contribution in [0.25, 0.3) is 0 Å². The molecule has 1 aliphatic rings. The minimum Gasteiger partial charge on any atom is -0.368 e. The van der Waals surface area contributed by atoms with Gasteiger partial charge in [-0.05, 0) is 49.5 Å². The molecule has 11 heteroatoms. The summed E-state index contributed by atoms with van der Waals surface area (Å²) in [7, 11) is 1.96. The van der Waals surface area contributed by atoms with Crippen LogP contribution in [0.4, 0.5) is 18.9 Å². The Morgan fingerprint density at radius 3 is 2.53 bits per heavy atom. The first-order chi connectivity index (χ1) is 14.1. The van der Waals surface area contributed by atoms with Gasteiger partial charge in [-0.25, -0.2) is 4.68 Å². The van der Waals surface area contributed by atoms with Crippen LogP contribution in [-0.4, -0.2) is 75.2 Å². The van der Waals surface area contributed by atoms with E-state index in [1.165, 1.54) is 10.7 Å². The minimum absolute atomic E-state index is 0.0395. The van der Waals surface area contributed by atoms with Gasteiger partial charge in [0.25, 0.3) is 0 Å². The number of alkyl halides is 3. The Hall–Kier alpha value is -2.69. The third kappa shape index (κ3) is 5.26. The van der Waals surface area contributed by atoms with Gasteiger partial charge in [0.1, 0.15) is 6.54 Å². The molecule has 0 bridgehead atoms. The quantitative estimate of drug-likeness (QED) is 0.704. The van der Waals surface area contributed by atoms with Crippen molar-refractivity contribution in [2.24, 2.45) is 0 Å². The van der Waals surface area contributed by atoms with Crippen molar-refractivity contribution < 1.29 is 18.0 Å². The van der Waals surface area contributed by atoms with E-state index in [1.54, 1.807) is 11.0 Å². The summed E-state index contributed by atoms with van der Waals surface area (Å²) >= 11 is 0. The van der Waals surface area contributed by atoms with Crippen LogP contribution in [0.2, 0.25) is 0 Å². The fourth-order valence-electron chi connectivity index (χ4n) is 3.19. The second-order valence-corrected chi connectivity index (χ2v) is 7.68. The Morgan fingerprint density at radius 1 is 1.20 bits per heavy atom. The van der Waals surface area contributed by atoms with Crippen LogP contribution in [0.3, 0.4) is 0 Å². The van der Waals surface area contributed by atoms with Gasteiger partial charge in [0, 0.05) is 37.9 Å². The Balaban J connectivity index is 1.57. The largest absolute Gasteiger partial charge is 0.416 e. The normalized spacial score (nSPS) is 15.3. The topological polar surface area (TPSA) is 70.4 Å². The molecule has 30 heavy (non-hydrogen) atoms. The molecule has 0 unspecified atom stereocenters. The van der Waals surface area contributed by atoms with E-state index in [9.17, 15) is 18.0 Å². The first-order valence-electron chi connectivity index (χ1n) is 9.80. The minimum atomic E-state index is -4.37. The highest BCUT2D eigenvalue weighted by molar-refractivity contribution is 5.76. The predicted octanol–water partition coefficient (Wildman–Crippen LogP) is 1.88. The number of hydrogen-bond donors (Lipinski definition) is 0. The summed E-state index contributed by atoms with van der Waals surface area (Å²) in [4.78, 5) is 18.3. The summed E-state index contributed by atoms with van der Waals surface area (Å²) in [5.41, 5.74) is -0.160. The van der Waals surface area contributed by atoms with Gasteiger partial charge in [0.05, 0.1) is 12.1 Å². The van der Waals surface area contributed by atoms with Crippen molar-refractivity contribution in [2.75, 3.05) is 38.1 Å². The predicted molar refractivity (Wildman–Crippen MR) is 105 cm³/mol. The molecule has 1 saturated heterocycles. The highest BCUT2D eigenvalue weighted by Gasteiger charge is 2.31. The average Bonchev–Trinajstić information content (AvgIpc) is 3.14. The molecule has 0 atom stereocenters. The van der Waals surface area contributed by atoms with Crippen LogP contribution in [0.1, 0.15) is 25.2 Å². The van der Waals surface area contributed by atoms with Gasteiger partial charge in [-0.15, -0.1) is 5.10 Å². The van der Waals surface area contributed by atoms with Crippen molar-refractivity contribution in [3.05, 3.63) is 35.7 Å². The maximum Gasteiger partial charge on any atom is 0.416 e. The van der Waals surface area contributed by atoms with Crippen molar-refractivity contribution in [3.63, 3.8) is 0 Å². The maximum atomic E-state index is 12.9. The fourth-order valence-corrected chi connectivity index (χ4v) is 3.19. The van der Waals surface area contributed by atoms with E-state index < -0.39 is 11.7 Å². The first-order valence-corrected chi connectivity index (χ1v) is 9.80. The number of benzene rings is 1. The summed E-state index contributed by atoms with van der Waals surface area (Å²) in [5, 5.41) is 11.6. The molecular weight excluding hydrogens is 399 g/mol. The van der Waals surface area contributed by atoms with Gasteiger partial charge in [0.15, 0.2) is 5.82 Å². The summed E-state index contributed by atoms with van der Waals surface area (Å²) in [6.45, 7) is 6.47. The van der Waals surface area contributed by atoms with Gasteiger partial charge in [-0.1, -0.05) is 6.07 Å². The molecule has 1 fully saturated rings. The van der Waals surface area contributed by atoms with E-state index in [4.69, 9.17) is 0 Å². The standard InChI is InChI=1S/C19H26F3N7O/c1-14(2)26(3)12-17-23-24-25-29(17)13-18(30)28-9-7-27(8-10-28)16-6-4-5-15(11-16)19(20,21)22/h4-6,11,14H,7-10,12-13H2,1-3H3. The lowest BCUT2D eigenvalue weighted by Crippen LogP contribution is -2.49. The first kappa shape index (κ1) is 22.0. The highest BCUT2D eigenvalue weighted by atomic mass is 19.4. The maximum absolute atomic E-state index is 12.9. The van der Waals surface area contributed by atoms with Gasteiger partial charge in [-0.2, -0.15) is 13.2 Å². The van der Waals surface area contributed by atoms with Gasteiger partial charge >= 0.3 is 6.18 Å². The van der Waals surface area contributed by atoms with E-state index in [0.717, 1.165) is 12.1 Å². The van der Waals surface area contributed by atoms with Crippen LogP contribution < -0.4 is 4.90 Å². The van der Waals surface area contributed by atoms with Gasteiger partial charge < -0.3 is 9.80 Å². The Kier molecular flexibility index (Phi) is 6.59. The number of aromatic nitrogens is 4. The number of carbonyl (C=O) groups excluding carboxylic acids is 1. The molecule has 0 radical (unpaired) electrons. The van der Waals surface area contributed by atoms with Gasteiger partial charge in [-0.3, -0.25) is 9.69 Å². The molecule has 1 aliphatic heterocycles. The molecule has 3 rings (SSSR count). The second kappa shape index (κ2) is 8.99. The van der Waals surface area contributed by atoms with Crippen LogP contribution in [0.5, 0.6) is 0 Å². The zero-order valence-electron chi connectivity index (χ0n) is 17.3. The van der Waals surface area contributed by atoms with Gasteiger partial charge in [0.2, 0.25) is 5.91 Å². The monoisotopic (exact) mass is 425 g/mol. The zero-order valence-corrected chi connectivity index (χ0v) is 17.3. The molecule has 0 spiro atoms. The average molecular weight is 425 g/mol. The molecule has 1 amide bonds. The molecule has 8 nitrogen and oxygen atoms in total. The van der Waals surface area contributed by atoms with Crippen molar-refractivity contribution in [1.29, 1.82) is 0 Å². The lowest BCUT2D eigenvalue weighted by molar-refractivity contribution is -0.137. The third-order valence-corrected chi connectivity index (χ3v) is 5.33. The summed E-state index contributed by atoms with van der Waals surface area (Å²) < 4.78 is 40.3. The van der Waals surface area contributed by atoms with E-state index in [1.807, 2.05) is 11.9 Å². The lowest BCUT2D eigenvalue weighted by Gasteiger charge is -2.36. The number of tetrazole rings is 1. The van der Waals surface area contributed by atoms with Crippen LogP contribution >= 0.6 is 0 Å². The summed E-state index contributed by atoms with van der Waals surface area (Å²) in [6, 6.07) is 5.59. The molecule has 0 saturated carbocycles. The fraction of sp³-hybridized carbons (Fsp3) is 0.579. The highest BCUT2D eigenvalue weighted by Crippen LogP contribution is 2.31. The summed E-state index contributed by atoms with van der Waals surface area (Å²) in [6.07, 6.45) is -4.37. The van der Waals surface area contributed by atoms with E-state index in [0.29, 0.717) is 50.3 Å². The van der Waals surface area contributed by atoms with Crippen LogP contribution in [0.15, 0.2) is 24.3 Å². The van der Waals surface area contributed by atoms with E-state index in [-0.39, 0.29) is 12.5 Å². The number of halogens is 3. The number of rotatable bonds is 6. The van der Waals surface area contributed by atoms with Crippen LogP contribution in [0, 0.1) is 0 Å². The summed E-state index contributed by atoms with van der Waals surface area (Å²) in [5.74, 6) is 0.501. The Morgan fingerprint density at radius 2 is 1.90 bits per heavy atom. The van der Waals surface area contributed by atoms with E-state index >= 15 is 0 Å². The number of nitrogens with zero attached hydrogens (tertiary/aromatic N) is 7.